The molecule has 4 rings (SSSR count). The summed E-state index contributed by atoms with van der Waals surface area (Å²) in [6.45, 7) is 10.4. The van der Waals surface area contributed by atoms with E-state index in [0.29, 0.717) is 5.69 Å². The van der Waals surface area contributed by atoms with E-state index >= 15 is 0 Å². The van der Waals surface area contributed by atoms with Gasteiger partial charge in [-0.15, -0.1) is 5.10 Å². The van der Waals surface area contributed by atoms with Crippen LogP contribution in [-0.4, -0.2) is 51.6 Å². The van der Waals surface area contributed by atoms with Crippen LogP contribution in [0, 0.1) is 13.8 Å². The van der Waals surface area contributed by atoms with Crippen LogP contribution in [0.25, 0.3) is 0 Å². The minimum absolute atomic E-state index is 0.0722. The van der Waals surface area contributed by atoms with Gasteiger partial charge in [0.15, 0.2) is 11.6 Å². The molecule has 2 aromatic heterocycles. The molecule has 0 saturated carbocycles. The van der Waals surface area contributed by atoms with Gasteiger partial charge in [0, 0.05) is 39.0 Å². The minimum Gasteiger partial charge on any atom is -0.351 e. The molecule has 1 aromatic carbocycles. The van der Waals surface area contributed by atoms with Crippen molar-refractivity contribution in [2.24, 2.45) is 0 Å². The number of hydrogen-bond acceptors (Lipinski definition) is 7. The Morgan fingerprint density at radius 3 is 2.45 bits per heavy atom. The molecule has 3 aromatic rings. The number of nitrogens with zero attached hydrogens (tertiary/aromatic N) is 6. The van der Waals surface area contributed by atoms with E-state index < -0.39 is 0 Å². The van der Waals surface area contributed by atoms with Gasteiger partial charge in [0.2, 0.25) is 0 Å². The smallest absolute Gasteiger partial charge is 0.179 e. The van der Waals surface area contributed by atoms with Crippen molar-refractivity contribution < 1.29 is 4.79 Å². The molecule has 3 heterocycles. The average Bonchev–Trinajstić information content (AvgIpc) is 2.78. The van der Waals surface area contributed by atoms with Gasteiger partial charge in [0.25, 0.3) is 0 Å². The van der Waals surface area contributed by atoms with Crippen molar-refractivity contribution in [2.75, 3.05) is 29.4 Å². The second-order valence-corrected chi connectivity index (χ2v) is 8.19. The molecule has 0 amide bonds. The number of hydrogen-bond donors (Lipinski definition) is 0. The number of anilines is 2. The maximum atomic E-state index is 11.4. The molecule has 1 aliphatic rings. The molecule has 0 radical (unpaired) electrons. The Bertz CT molecular complexity index is 1070. The highest BCUT2D eigenvalue weighted by molar-refractivity contribution is 5.91. The fourth-order valence-corrected chi connectivity index (χ4v) is 4.04. The third kappa shape index (κ3) is 4.40. The maximum absolute atomic E-state index is 11.4. The summed E-state index contributed by atoms with van der Waals surface area (Å²) in [5, 5.41) is 9.19. The lowest BCUT2D eigenvalue weighted by Crippen LogP contribution is -2.53. The van der Waals surface area contributed by atoms with E-state index in [-0.39, 0.29) is 11.8 Å². The zero-order valence-corrected chi connectivity index (χ0v) is 18.5. The first kappa shape index (κ1) is 20.9. The van der Waals surface area contributed by atoms with Gasteiger partial charge in [-0.25, -0.2) is 9.97 Å². The van der Waals surface area contributed by atoms with Crippen LogP contribution in [-0.2, 0) is 6.42 Å². The zero-order chi connectivity index (χ0) is 22.0. The standard InChI is InChI=1S/C24H28N6O/c1-16-15-29(10-11-30(16)23-14-25-22(13-26-23)19(4)31)24-18(3)17(2)21(27-28-24)12-20-8-6-5-7-9-20/h5-9,13-14,16H,10-12,15H2,1-4H3/t16-/m1/s1. The number of ketones is 1. The van der Waals surface area contributed by atoms with Gasteiger partial charge in [0.05, 0.1) is 18.1 Å². The summed E-state index contributed by atoms with van der Waals surface area (Å²) >= 11 is 0. The lowest BCUT2D eigenvalue weighted by atomic mass is 10.0. The van der Waals surface area contributed by atoms with Crippen LogP contribution < -0.4 is 9.80 Å². The fraction of sp³-hybridized carbons (Fsp3) is 0.375. The third-order valence-corrected chi connectivity index (χ3v) is 6.03. The SMILES string of the molecule is CC(=O)c1cnc(N2CCN(c3nnc(Cc4ccccc4)c(C)c3C)C[C@H]2C)cn1. The van der Waals surface area contributed by atoms with Gasteiger partial charge in [-0.3, -0.25) is 4.79 Å². The highest BCUT2D eigenvalue weighted by atomic mass is 16.1. The van der Waals surface area contributed by atoms with Gasteiger partial charge < -0.3 is 9.80 Å². The molecule has 1 atom stereocenters. The Kier molecular flexibility index (Phi) is 5.93. The highest BCUT2D eigenvalue weighted by Crippen LogP contribution is 2.26. The summed E-state index contributed by atoms with van der Waals surface area (Å²) in [5.74, 6) is 1.69. The Balaban J connectivity index is 1.48. The van der Waals surface area contributed by atoms with Crippen LogP contribution in [0.15, 0.2) is 42.7 Å². The highest BCUT2D eigenvalue weighted by Gasteiger charge is 2.27. The molecule has 7 heteroatoms. The molecule has 0 N–H and O–H groups in total. The van der Waals surface area contributed by atoms with Crippen LogP contribution in [0.5, 0.6) is 0 Å². The third-order valence-electron chi connectivity index (χ3n) is 6.03. The summed E-state index contributed by atoms with van der Waals surface area (Å²) in [4.78, 5) is 24.7. The number of piperazine rings is 1. The van der Waals surface area contributed by atoms with E-state index in [0.717, 1.165) is 43.4 Å². The predicted octanol–water partition coefficient (Wildman–Crippen LogP) is 3.39. The van der Waals surface area contributed by atoms with Crippen molar-refractivity contribution in [1.29, 1.82) is 0 Å². The predicted molar refractivity (Wildman–Crippen MR) is 122 cm³/mol. The van der Waals surface area contributed by atoms with Crippen molar-refractivity contribution in [3.63, 3.8) is 0 Å². The maximum Gasteiger partial charge on any atom is 0.179 e. The van der Waals surface area contributed by atoms with Gasteiger partial charge in [0.1, 0.15) is 11.5 Å². The number of carbonyl (C=O) groups is 1. The first-order chi connectivity index (χ1) is 14.9. The van der Waals surface area contributed by atoms with E-state index in [4.69, 9.17) is 0 Å². The van der Waals surface area contributed by atoms with E-state index in [1.807, 2.05) is 6.07 Å². The second kappa shape index (κ2) is 8.79. The summed E-state index contributed by atoms with van der Waals surface area (Å²) < 4.78 is 0. The van der Waals surface area contributed by atoms with Crippen molar-refractivity contribution in [3.05, 3.63) is 70.8 Å². The Labute approximate surface area is 183 Å². The van der Waals surface area contributed by atoms with E-state index in [1.165, 1.54) is 23.6 Å². The van der Waals surface area contributed by atoms with Gasteiger partial charge >= 0.3 is 0 Å². The summed E-state index contributed by atoms with van der Waals surface area (Å²) in [6.07, 6.45) is 4.04. The van der Waals surface area contributed by atoms with Gasteiger partial charge in [-0.05, 0) is 37.5 Å². The fourth-order valence-electron chi connectivity index (χ4n) is 4.04. The van der Waals surface area contributed by atoms with E-state index in [9.17, 15) is 4.79 Å². The molecule has 0 unspecified atom stereocenters. The lowest BCUT2D eigenvalue weighted by molar-refractivity contribution is 0.101. The van der Waals surface area contributed by atoms with Crippen molar-refractivity contribution >= 4 is 17.4 Å². The normalized spacial score (nSPS) is 16.5. The van der Waals surface area contributed by atoms with E-state index in [2.05, 4.69) is 75.0 Å². The molecule has 0 spiro atoms. The quantitative estimate of drug-likeness (QED) is 0.590. The molecule has 0 bridgehead atoms. The van der Waals surface area contributed by atoms with Gasteiger partial charge in [-0.1, -0.05) is 30.3 Å². The topological polar surface area (TPSA) is 75.1 Å². The van der Waals surface area contributed by atoms with Crippen molar-refractivity contribution in [2.45, 2.75) is 40.2 Å². The summed E-state index contributed by atoms with van der Waals surface area (Å²) in [6, 6.07) is 10.6. The molecular weight excluding hydrogens is 388 g/mol. The molecule has 7 nitrogen and oxygen atoms in total. The number of benzene rings is 1. The molecule has 160 valence electrons. The average molecular weight is 417 g/mol. The van der Waals surface area contributed by atoms with Crippen LogP contribution in [0.1, 0.15) is 46.7 Å². The Hall–Kier alpha value is -3.35. The van der Waals surface area contributed by atoms with Crippen LogP contribution in [0.3, 0.4) is 0 Å². The molecular formula is C24H28N6O. The number of aromatic nitrogens is 4. The van der Waals surface area contributed by atoms with Crippen molar-refractivity contribution in [1.82, 2.24) is 20.2 Å². The Morgan fingerprint density at radius 1 is 1.03 bits per heavy atom. The first-order valence-electron chi connectivity index (χ1n) is 10.6. The van der Waals surface area contributed by atoms with Crippen LogP contribution in [0.4, 0.5) is 11.6 Å². The van der Waals surface area contributed by atoms with Gasteiger partial charge in [-0.2, -0.15) is 5.10 Å². The van der Waals surface area contributed by atoms with Crippen molar-refractivity contribution in [3.8, 4) is 0 Å². The molecule has 1 aliphatic heterocycles. The summed E-state index contributed by atoms with van der Waals surface area (Å²) in [5.41, 5.74) is 5.06. The zero-order valence-electron chi connectivity index (χ0n) is 18.5. The summed E-state index contributed by atoms with van der Waals surface area (Å²) in [7, 11) is 0. The molecule has 1 fully saturated rings. The number of Topliss-reactive ketones (excluding diaryl/α,β-unsaturated/α-hetero) is 1. The second-order valence-electron chi connectivity index (χ2n) is 8.19. The molecule has 31 heavy (non-hydrogen) atoms. The number of rotatable bonds is 5. The van der Waals surface area contributed by atoms with Crippen LogP contribution in [0.2, 0.25) is 0 Å². The minimum atomic E-state index is -0.0722. The lowest BCUT2D eigenvalue weighted by Gasteiger charge is -2.41. The first-order valence-corrected chi connectivity index (χ1v) is 10.6. The monoisotopic (exact) mass is 416 g/mol. The molecule has 0 aliphatic carbocycles. The number of carbonyl (C=O) groups excluding carboxylic acids is 1. The largest absolute Gasteiger partial charge is 0.351 e. The molecule has 1 saturated heterocycles. The van der Waals surface area contributed by atoms with Crippen LogP contribution >= 0.6 is 0 Å². The Morgan fingerprint density at radius 2 is 1.81 bits per heavy atom. The van der Waals surface area contributed by atoms with E-state index in [1.54, 1.807) is 12.4 Å².